The van der Waals surface area contributed by atoms with Crippen molar-refractivity contribution >= 4 is 74.1 Å². The van der Waals surface area contributed by atoms with Crippen molar-refractivity contribution in [3.63, 3.8) is 0 Å². The van der Waals surface area contributed by atoms with Gasteiger partial charge in [0.2, 0.25) is 0 Å². The van der Waals surface area contributed by atoms with Crippen LogP contribution in [0.3, 0.4) is 0 Å². The molecule has 0 saturated carbocycles. The number of benzene rings is 2. The molecular formula is C38H50N2O12S3Si. The van der Waals surface area contributed by atoms with Crippen molar-refractivity contribution in [3.05, 3.63) is 80.8 Å². The van der Waals surface area contributed by atoms with Crippen molar-refractivity contribution in [2.75, 3.05) is 6.54 Å². The molecule has 0 saturated heterocycles. The normalized spacial score (nSPS) is 20.4. The summed E-state index contributed by atoms with van der Waals surface area (Å²) in [4.78, 5) is 52.1. The molecule has 0 unspecified atom stereocenters. The van der Waals surface area contributed by atoms with Crippen molar-refractivity contribution in [2.24, 2.45) is 0 Å². The molecule has 1 amide bonds. The number of carbonyl (C=O) groups excluding carboxylic acids is 4. The maximum absolute atomic E-state index is 13.4. The van der Waals surface area contributed by atoms with Crippen LogP contribution in [0.5, 0.6) is 0 Å². The number of sulfonamides is 1. The van der Waals surface area contributed by atoms with Crippen molar-refractivity contribution < 1.29 is 54.7 Å². The Morgan fingerprint density at radius 2 is 1.29 bits per heavy atom. The van der Waals surface area contributed by atoms with E-state index < -0.39 is 97.0 Å². The minimum absolute atomic E-state index is 0.0671. The highest BCUT2D eigenvalue weighted by atomic mass is 32.3. The number of carbonyl (C=O) groups is 4. The second-order valence-corrected chi connectivity index (χ2v) is 24.4. The summed E-state index contributed by atoms with van der Waals surface area (Å²) in [5.74, 6) is -4.32. The van der Waals surface area contributed by atoms with E-state index in [4.69, 9.17) is 18.6 Å². The standard InChI is InChI=1S/C38H50N2O12S3Si/c1-10-39-31-22-32(53-37-30(31)21-23(2)54(37,45)46)55(47,48)40-33(41)24(3)49-34(42)25(4)50-35(43)26(5)51-36(44)27(6)52-56(38(7,8)9,28-17-13-11-14-18-28)29-19-15-12-16-20-29/h11-20,22-27,31,39H,10,21H2,1-9H3,(H,40,41)/t23-,24-,25-,26-,27-,31-/m0/s1. The highest BCUT2D eigenvalue weighted by molar-refractivity contribution is 8.28. The summed E-state index contributed by atoms with van der Waals surface area (Å²) in [6.45, 7) is 15.0. The van der Waals surface area contributed by atoms with Gasteiger partial charge in [-0.15, -0.1) is 0 Å². The minimum Gasteiger partial charge on any atom is -0.450 e. The van der Waals surface area contributed by atoms with Crippen molar-refractivity contribution in [3.8, 4) is 0 Å². The Hall–Kier alpha value is -3.81. The molecule has 2 aliphatic heterocycles. The fraction of sp³-hybridized carbons (Fsp3) is 0.474. The predicted molar refractivity (Wildman–Crippen MR) is 215 cm³/mol. The smallest absolute Gasteiger partial charge is 0.347 e. The SMILES string of the molecule is CCN[C@H]1C=C(S(=O)(=O)NC(=O)[C@H](C)OC(=O)[C@H](C)OC(=O)[C@H](C)OC(=O)[C@H](C)O[Si](c2ccccc2)(c2ccccc2)C(C)(C)C)SC2=C1C[C@H](C)S2(=O)=O. The van der Waals surface area contributed by atoms with E-state index in [0.29, 0.717) is 23.9 Å². The highest BCUT2D eigenvalue weighted by Gasteiger charge is 2.52. The molecule has 56 heavy (non-hydrogen) atoms. The summed E-state index contributed by atoms with van der Waals surface area (Å²) in [6.07, 6.45) is -4.26. The van der Waals surface area contributed by atoms with E-state index in [1.807, 2.05) is 86.2 Å². The lowest BCUT2D eigenvalue weighted by Gasteiger charge is -2.44. The Bertz CT molecular complexity index is 2050. The molecule has 2 heterocycles. The number of nitrogens with one attached hydrogen (secondary N) is 2. The fourth-order valence-electron chi connectivity index (χ4n) is 6.38. The first kappa shape index (κ1) is 44.9. The van der Waals surface area contributed by atoms with Gasteiger partial charge in [0.15, 0.2) is 28.1 Å². The maximum atomic E-state index is 13.4. The molecule has 4 rings (SSSR count). The van der Waals surface area contributed by atoms with Gasteiger partial charge in [-0.3, -0.25) is 4.79 Å². The molecule has 2 aromatic rings. The Morgan fingerprint density at radius 3 is 1.75 bits per heavy atom. The summed E-state index contributed by atoms with van der Waals surface area (Å²) in [7, 11) is -11.5. The Morgan fingerprint density at radius 1 is 0.821 bits per heavy atom. The quantitative estimate of drug-likeness (QED) is 0.151. The second kappa shape index (κ2) is 17.8. The third kappa shape index (κ3) is 9.65. The van der Waals surface area contributed by atoms with Gasteiger partial charge < -0.3 is 24.0 Å². The van der Waals surface area contributed by atoms with Crippen LogP contribution >= 0.6 is 11.8 Å². The van der Waals surface area contributed by atoms with Crippen LogP contribution < -0.4 is 20.4 Å². The van der Waals surface area contributed by atoms with Crippen molar-refractivity contribution in [1.29, 1.82) is 0 Å². The summed E-state index contributed by atoms with van der Waals surface area (Å²) >= 11 is 0.541. The van der Waals surface area contributed by atoms with Gasteiger partial charge in [-0.25, -0.2) is 35.9 Å². The molecule has 2 aliphatic rings. The first-order chi connectivity index (χ1) is 26.1. The third-order valence-electron chi connectivity index (χ3n) is 9.37. The minimum atomic E-state index is -4.59. The Balaban J connectivity index is 1.36. The van der Waals surface area contributed by atoms with Crippen LogP contribution in [0.15, 0.2) is 80.8 Å². The number of likely N-dealkylation sites (N-methyl/N-ethyl adjacent to an activating group) is 1. The van der Waals surface area contributed by atoms with Crippen LogP contribution in [-0.2, 0) is 57.7 Å². The van der Waals surface area contributed by atoms with Crippen LogP contribution in [-0.4, -0.2) is 91.2 Å². The molecule has 0 spiro atoms. The molecule has 0 radical (unpaired) electrons. The van der Waals surface area contributed by atoms with E-state index in [1.54, 1.807) is 20.8 Å². The second-order valence-electron chi connectivity index (χ2n) is 14.6. The molecule has 2 aromatic carbocycles. The average Bonchev–Trinajstić information content (AvgIpc) is 3.37. The number of esters is 3. The molecule has 0 fully saturated rings. The van der Waals surface area contributed by atoms with Gasteiger partial charge >= 0.3 is 17.9 Å². The molecule has 0 aromatic heterocycles. The van der Waals surface area contributed by atoms with Gasteiger partial charge in [0.05, 0.1) is 11.3 Å². The third-order valence-corrected chi connectivity index (χ3v) is 20.3. The largest absolute Gasteiger partial charge is 0.450 e. The highest BCUT2D eigenvalue weighted by Crippen LogP contribution is 2.48. The molecule has 306 valence electrons. The van der Waals surface area contributed by atoms with Crippen molar-refractivity contribution in [1.82, 2.24) is 10.0 Å². The molecule has 0 aliphatic carbocycles. The van der Waals surface area contributed by atoms with Gasteiger partial charge in [0.1, 0.15) is 14.6 Å². The van der Waals surface area contributed by atoms with Gasteiger partial charge in [-0.2, -0.15) is 0 Å². The number of amides is 1. The van der Waals surface area contributed by atoms with Crippen molar-refractivity contribution in [2.45, 2.75) is 109 Å². The van der Waals surface area contributed by atoms with E-state index in [-0.39, 0.29) is 10.7 Å². The molecule has 18 heteroatoms. The number of ether oxygens (including phenoxy) is 3. The fourth-order valence-corrected chi connectivity index (χ4v) is 16.1. The first-order valence-corrected chi connectivity index (χ1v) is 23.9. The average molecular weight is 851 g/mol. The summed E-state index contributed by atoms with van der Waals surface area (Å²) in [5, 5.41) is 3.77. The monoisotopic (exact) mass is 850 g/mol. The molecule has 6 atom stereocenters. The Kier molecular flexibility index (Phi) is 14.2. The lowest BCUT2D eigenvalue weighted by molar-refractivity contribution is -0.180. The molecule has 0 bridgehead atoms. The van der Waals surface area contributed by atoms with E-state index in [0.717, 1.165) is 17.3 Å². The number of hydrogen-bond acceptors (Lipinski definition) is 14. The summed E-state index contributed by atoms with van der Waals surface area (Å²) in [5.41, 5.74) is 0.558. The van der Waals surface area contributed by atoms with E-state index >= 15 is 0 Å². The zero-order valence-electron chi connectivity index (χ0n) is 32.9. The summed E-state index contributed by atoms with van der Waals surface area (Å²) in [6, 6.07) is 18.6. The number of thioether (sulfide) groups is 1. The van der Waals surface area contributed by atoms with Gasteiger partial charge in [-0.1, -0.05) is 100 Å². The number of hydrogen-bond donors (Lipinski definition) is 2. The van der Waals surface area contributed by atoms with Crippen LogP contribution in [0.2, 0.25) is 5.04 Å². The van der Waals surface area contributed by atoms with E-state index in [2.05, 4.69) is 5.32 Å². The van der Waals surface area contributed by atoms with Gasteiger partial charge in [-0.05, 0) is 74.6 Å². The predicted octanol–water partition coefficient (Wildman–Crippen LogP) is 3.18. The van der Waals surface area contributed by atoms with E-state index in [9.17, 15) is 36.0 Å². The van der Waals surface area contributed by atoms with Crippen LogP contribution in [0.4, 0.5) is 0 Å². The topological polar surface area (TPSA) is 198 Å². The Labute approximate surface area is 334 Å². The van der Waals surface area contributed by atoms with Crippen LogP contribution in [0.1, 0.15) is 68.7 Å². The number of sulfone groups is 1. The van der Waals surface area contributed by atoms with Gasteiger partial charge in [0, 0.05) is 0 Å². The molecule has 14 nitrogen and oxygen atoms in total. The zero-order chi connectivity index (χ0) is 41.8. The lowest BCUT2D eigenvalue weighted by Crippen LogP contribution is -2.68. The molecular weight excluding hydrogens is 801 g/mol. The van der Waals surface area contributed by atoms with Crippen LogP contribution in [0.25, 0.3) is 0 Å². The molecule has 2 N–H and O–H groups in total. The maximum Gasteiger partial charge on any atom is 0.347 e. The van der Waals surface area contributed by atoms with Crippen LogP contribution in [0, 0.1) is 0 Å². The number of rotatable bonds is 15. The summed E-state index contributed by atoms with van der Waals surface area (Å²) < 4.78 is 76.1. The first-order valence-electron chi connectivity index (χ1n) is 18.1. The van der Waals surface area contributed by atoms with E-state index in [1.165, 1.54) is 19.9 Å². The zero-order valence-corrected chi connectivity index (χ0v) is 36.3. The lowest BCUT2D eigenvalue weighted by atomic mass is 10.0. The van der Waals surface area contributed by atoms with Gasteiger partial charge in [0.25, 0.3) is 24.2 Å².